The van der Waals surface area contributed by atoms with Crippen LogP contribution in [-0.4, -0.2) is 52.1 Å². The lowest BCUT2D eigenvalue weighted by Gasteiger charge is -2.40. The maximum Gasteiger partial charge on any atom is 0.326 e. The number of fused-ring (bicyclic) bond motifs is 1. The number of hydrogen-bond acceptors (Lipinski definition) is 5. The van der Waals surface area contributed by atoms with Crippen molar-refractivity contribution in [3.8, 4) is 0 Å². The van der Waals surface area contributed by atoms with Gasteiger partial charge >= 0.3 is 11.9 Å². The van der Waals surface area contributed by atoms with Crippen LogP contribution in [0, 0.1) is 6.92 Å². The number of carbonyl (C=O) groups is 3. The van der Waals surface area contributed by atoms with Gasteiger partial charge < -0.3 is 14.7 Å². The quantitative estimate of drug-likeness (QED) is 0.551. The maximum atomic E-state index is 13.6. The summed E-state index contributed by atoms with van der Waals surface area (Å²) in [6, 6.07) is 14.0. The Morgan fingerprint density at radius 2 is 1.76 bits per heavy atom. The number of benzene rings is 2. The highest BCUT2D eigenvalue weighted by Crippen LogP contribution is 2.26. The van der Waals surface area contributed by atoms with E-state index in [0.717, 1.165) is 22.3 Å². The second-order valence-electron chi connectivity index (χ2n) is 9.36. The van der Waals surface area contributed by atoms with E-state index >= 15 is 0 Å². The molecule has 0 bridgehead atoms. The zero-order valence-corrected chi connectivity index (χ0v) is 20.3. The van der Waals surface area contributed by atoms with Crippen molar-refractivity contribution in [2.75, 3.05) is 6.61 Å². The summed E-state index contributed by atoms with van der Waals surface area (Å²) in [5.41, 5.74) is 2.94. The molecule has 0 aliphatic carbocycles. The Kier molecular flexibility index (Phi) is 8.10. The molecule has 2 N–H and O–H groups in total. The van der Waals surface area contributed by atoms with Crippen molar-refractivity contribution in [1.29, 1.82) is 0 Å². The van der Waals surface area contributed by atoms with E-state index in [1.807, 2.05) is 55.5 Å². The fraction of sp³-hybridized carbons (Fsp3) is 0.444. The summed E-state index contributed by atoms with van der Waals surface area (Å²) in [5, 5.41) is 13.0. The summed E-state index contributed by atoms with van der Waals surface area (Å²) >= 11 is 0. The van der Waals surface area contributed by atoms with E-state index in [2.05, 4.69) is 5.32 Å². The molecule has 2 aromatic rings. The van der Waals surface area contributed by atoms with E-state index < -0.39 is 29.6 Å². The molecule has 1 aliphatic rings. The Hall–Kier alpha value is -3.19. The van der Waals surface area contributed by atoms with Gasteiger partial charge in [-0.05, 0) is 57.2 Å². The third kappa shape index (κ3) is 6.03. The van der Waals surface area contributed by atoms with Gasteiger partial charge in [-0.3, -0.25) is 14.9 Å². The second-order valence-corrected chi connectivity index (χ2v) is 9.36. The molecule has 182 valence electrons. The van der Waals surface area contributed by atoms with Crippen molar-refractivity contribution >= 4 is 17.8 Å². The minimum atomic E-state index is -1.18. The number of hydrogen-bond donors (Lipinski definition) is 2. The van der Waals surface area contributed by atoms with Crippen LogP contribution in [0.5, 0.6) is 0 Å². The van der Waals surface area contributed by atoms with Gasteiger partial charge in [-0.25, -0.2) is 4.79 Å². The van der Waals surface area contributed by atoms with Crippen LogP contribution in [0.25, 0.3) is 0 Å². The SMILES string of the molecule is CCOC(=O)[C@H](CCc1ccc(C)cc1)NC(C)(C)C(=O)N1Cc2ccccc2C[C@@H]1C(=O)O. The van der Waals surface area contributed by atoms with Crippen molar-refractivity contribution in [3.63, 3.8) is 0 Å². The smallest absolute Gasteiger partial charge is 0.326 e. The van der Waals surface area contributed by atoms with Crippen LogP contribution < -0.4 is 5.32 Å². The minimum absolute atomic E-state index is 0.213. The molecule has 1 aliphatic heterocycles. The molecule has 34 heavy (non-hydrogen) atoms. The average Bonchev–Trinajstić information content (AvgIpc) is 2.81. The highest BCUT2D eigenvalue weighted by molar-refractivity contribution is 5.91. The number of aliphatic carboxylic acids is 1. The molecular formula is C27H34N2O5. The molecule has 0 unspecified atom stereocenters. The number of carboxylic acid groups (broad SMARTS) is 1. The third-order valence-electron chi connectivity index (χ3n) is 6.28. The van der Waals surface area contributed by atoms with Crippen LogP contribution >= 0.6 is 0 Å². The lowest BCUT2D eigenvalue weighted by atomic mass is 9.91. The summed E-state index contributed by atoms with van der Waals surface area (Å²) in [4.78, 5) is 39.8. The van der Waals surface area contributed by atoms with Crippen molar-refractivity contribution < 1.29 is 24.2 Å². The van der Waals surface area contributed by atoms with E-state index in [-0.39, 0.29) is 25.5 Å². The predicted molar refractivity (Wildman–Crippen MR) is 129 cm³/mol. The topological polar surface area (TPSA) is 95.9 Å². The molecular weight excluding hydrogens is 432 g/mol. The van der Waals surface area contributed by atoms with Crippen LogP contribution in [0.4, 0.5) is 0 Å². The lowest BCUT2D eigenvalue weighted by Crippen LogP contribution is -2.62. The highest BCUT2D eigenvalue weighted by atomic mass is 16.5. The molecule has 0 radical (unpaired) electrons. The number of rotatable bonds is 9. The Labute approximate surface area is 201 Å². The van der Waals surface area contributed by atoms with Crippen molar-refractivity contribution in [2.24, 2.45) is 0 Å². The molecule has 0 saturated carbocycles. The van der Waals surface area contributed by atoms with E-state index in [9.17, 15) is 19.5 Å². The highest BCUT2D eigenvalue weighted by Gasteiger charge is 2.42. The van der Waals surface area contributed by atoms with Gasteiger partial charge in [-0.2, -0.15) is 0 Å². The molecule has 1 amide bonds. The van der Waals surface area contributed by atoms with Crippen LogP contribution in [0.3, 0.4) is 0 Å². The number of nitrogens with zero attached hydrogens (tertiary/aromatic N) is 1. The monoisotopic (exact) mass is 466 g/mol. The first kappa shape index (κ1) is 25.4. The number of carbonyl (C=O) groups excluding carboxylic acids is 2. The molecule has 7 heteroatoms. The van der Waals surface area contributed by atoms with E-state index in [1.165, 1.54) is 4.90 Å². The Morgan fingerprint density at radius 3 is 2.38 bits per heavy atom. The van der Waals surface area contributed by atoms with Crippen LogP contribution in [0.2, 0.25) is 0 Å². The fourth-order valence-corrected chi connectivity index (χ4v) is 4.37. The normalized spacial score (nSPS) is 16.5. The van der Waals surface area contributed by atoms with Crippen LogP contribution in [-0.2, 0) is 38.5 Å². The molecule has 0 aromatic heterocycles. The predicted octanol–water partition coefficient (Wildman–Crippen LogP) is 3.27. The molecule has 2 atom stereocenters. The maximum absolute atomic E-state index is 13.6. The number of nitrogens with one attached hydrogen (secondary N) is 1. The number of carboxylic acids is 1. The van der Waals surface area contributed by atoms with Crippen molar-refractivity contribution in [1.82, 2.24) is 10.2 Å². The summed E-state index contributed by atoms with van der Waals surface area (Å²) in [5.74, 6) is -1.83. The van der Waals surface area contributed by atoms with E-state index in [1.54, 1.807) is 20.8 Å². The largest absolute Gasteiger partial charge is 0.480 e. The number of esters is 1. The summed E-state index contributed by atoms with van der Waals surface area (Å²) in [6.45, 7) is 7.59. The molecule has 1 heterocycles. The lowest BCUT2D eigenvalue weighted by molar-refractivity contribution is -0.155. The first-order valence-electron chi connectivity index (χ1n) is 11.7. The van der Waals surface area contributed by atoms with Gasteiger partial charge in [-0.15, -0.1) is 0 Å². The molecule has 0 fully saturated rings. The first-order valence-corrected chi connectivity index (χ1v) is 11.7. The Bertz CT molecular complexity index is 1030. The van der Waals surface area contributed by atoms with Crippen LogP contribution in [0.1, 0.15) is 49.4 Å². The molecule has 3 rings (SSSR count). The molecule has 0 spiro atoms. The number of ether oxygens (including phenoxy) is 1. The zero-order chi connectivity index (χ0) is 24.9. The number of amides is 1. The van der Waals surface area contributed by atoms with E-state index in [0.29, 0.717) is 12.8 Å². The van der Waals surface area contributed by atoms with Gasteiger partial charge in [0.2, 0.25) is 5.91 Å². The molecule has 0 saturated heterocycles. The van der Waals surface area contributed by atoms with Gasteiger partial charge in [0.05, 0.1) is 12.1 Å². The van der Waals surface area contributed by atoms with Crippen molar-refractivity contribution in [2.45, 2.75) is 71.1 Å². The first-order chi connectivity index (χ1) is 16.1. The van der Waals surface area contributed by atoms with Gasteiger partial charge in [0.15, 0.2) is 0 Å². The number of aryl methyl sites for hydroxylation is 2. The molecule has 2 aromatic carbocycles. The van der Waals surface area contributed by atoms with Gasteiger partial charge in [0, 0.05) is 13.0 Å². The molecule has 7 nitrogen and oxygen atoms in total. The van der Waals surface area contributed by atoms with Gasteiger partial charge in [0.25, 0.3) is 0 Å². The standard InChI is InChI=1S/C27H34N2O5/c1-5-34-25(32)22(15-14-19-12-10-18(2)11-13-19)28-27(3,4)26(33)29-17-21-9-7-6-8-20(21)16-23(29)24(30)31/h6-13,22-23,28H,5,14-17H2,1-4H3,(H,30,31)/t22-,23+/m0/s1. The van der Waals surface area contributed by atoms with Crippen LogP contribution in [0.15, 0.2) is 48.5 Å². The average molecular weight is 467 g/mol. The van der Waals surface area contributed by atoms with E-state index in [4.69, 9.17) is 4.74 Å². The van der Waals surface area contributed by atoms with Gasteiger partial charge in [0.1, 0.15) is 12.1 Å². The summed E-state index contributed by atoms with van der Waals surface area (Å²) < 4.78 is 5.27. The zero-order valence-electron chi connectivity index (χ0n) is 20.3. The Morgan fingerprint density at radius 1 is 1.12 bits per heavy atom. The second kappa shape index (κ2) is 10.8. The summed E-state index contributed by atoms with van der Waals surface area (Å²) in [7, 11) is 0. The van der Waals surface area contributed by atoms with Crippen molar-refractivity contribution in [3.05, 3.63) is 70.8 Å². The minimum Gasteiger partial charge on any atom is -0.480 e. The third-order valence-corrected chi connectivity index (χ3v) is 6.28. The Balaban J connectivity index is 1.78. The van der Waals surface area contributed by atoms with Gasteiger partial charge in [-0.1, -0.05) is 54.1 Å². The summed E-state index contributed by atoms with van der Waals surface area (Å²) in [6.07, 6.45) is 1.34. The fourth-order valence-electron chi connectivity index (χ4n) is 4.37.